The van der Waals surface area contributed by atoms with Crippen molar-refractivity contribution in [2.75, 3.05) is 112 Å². The molecule has 0 unspecified atom stereocenters. The van der Waals surface area contributed by atoms with E-state index in [0.717, 1.165) is 39.5 Å². The summed E-state index contributed by atoms with van der Waals surface area (Å²) in [6.07, 6.45) is 10.9. The fourth-order valence-corrected chi connectivity index (χ4v) is 7.78. The second kappa shape index (κ2) is 25.7. The molecule has 6 aliphatic heterocycles. The number of morpholine rings is 1. The Bertz CT molecular complexity index is 942. The maximum atomic E-state index is 5.48. The number of piperidine rings is 1. The molecule has 0 aromatic carbocycles. The van der Waals surface area contributed by atoms with Crippen LogP contribution in [0.2, 0.25) is 0 Å². The zero-order valence-electron chi connectivity index (χ0n) is 42.9. The van der Waals surface area contributed by atoms with Gasteiger partial charge in [-0.2, -0.15) is 5.06 Å². The van der Waals surface area contributed by atoms with Crippen molar-refractivity contribution in [3.05, 3.63) is 0 Å². The Morgan fingerprint density at radius 3 is 0.828 bits per heavy atom. The smallest absolute Gasteiger partial charge is 0.0685 e. The zero-order chi connectivity index (χ0) is 44.4. The van der Waals surface area contributed by atoms with E-state index < -0.39 is 0 Å². The summed E-state index contributed by atoms with van der Waals surface area (Å²) in [5, 5.41) is 2.08. The maximum Gasteiger partial charge on any atom is 0.0685 e. The average molecular weight is 824 g/mol. The number of likely N-dealkylation sites (tertiary alicyclic amines) is 3. The maximum absolute atomic E-state index is 5.48. The van der Waals surface area contributed by atoms with Gasteiger partial charge < -0.3 is 9.64 Å². The number of hydrogen-bond donors (Lipinski definition) is 0. The first-order valence-corrected chi connectivity index (χ1v) is 23.9. The van der Waals surface area contributed by atoms with E-state index in [0.29, 0.717) is 27.7 Å². The summed E-state index contributed by atoms with van der Waals surface area (Å²) in [7, 11) is 2.19. The highest BCUT2D eigenvalue weighted by Gasteiger charge is 2.27. The summed E-state index contributed by atoms with van der Waals surface area (Å²) >= 11 is 0. The van der Waals surface area contributed by atoms with Gasteiger partial charge in [0.05, 0.1) is 19.8 Å². The molecule has 0 N–H and O–H groups in total. The van der Waals surface area contributed by atoms with Crippen LogP contribution < -0.4 is 0 Å². The number of piperazine rings is 1. The molecule has 0 aromatic rings. The Kier molecular flexibility index (Phi) is 24.6. The van der Waals surface area contributed by atoms with Gasteiger partial charge in [0.2, 0.25) is 0 Å². The molecule has 0 amide bonds. The van der Waals surface area contributed by atoms with Crippen LogP contribution in [0, 0.1) is 0 Å². The van der Waals surface area contributed by atoms with Crippen molar-refractivity contribution in [2.24, 2.45) is 0 Å². The highest BCUT2D eigenvalue weighted by atomic mass is 16.7. The SMILES string of the molecule is CC(C)(C)N1CCC1.CC(C)(C)N1CCCC1.CC(C)(C)N1CCCCC1.CC(C)(C)N1CCCCO1.CC(C)(C)N1CCOCC1.CN1CCN(C(C)(C)C)CC1. The van der Waals surface area contributed by atoms with E-state index in [9.17, 15) is 0 Å². The topological polar surface area (TPSA) is 41.1 Å². The van der Waals surface area contributed by atoms with Gasteiger partial charge in [0, 0.05) is 79.0 Å². The molecule has 6 heterocycles. The van der Waals surface area contributed by atoms with Crippen LogP contribution in [0.25, 0.3) is 0 Å². The molecule has 6 fully saturated rings. The highest BCUT2D eigenvalue weighted by Crippen LogP contribution is 2.22. The first-order chi connectivity index (χ1) is 26.5. The average Bonchev–Trinajstić information content (AvgIpc) is 3.65. The van der Waals surface area contributed by atoms with Gasteiger partial charge in [0.25, 0.3) is 0 Å². The minimum absolute atomic E-state index is 0.181. The highest BCUT2D eigenvalue weighted by molar-refractivity contribution is 4.83. The fraction of sp³-hybridized carbons (Fsp3) is 1.00. The molecular formula is C49H105N7O2. The van der Waals surface area contributed by atoms with Gasteiger partial charge >= 0.3 is 0 Å². The van der Waals surface area contributed by atoms with Crippen molar-refractivity contribution in [2.45, 2.75) is 209 Å². The Morgan fingerprint density at radius 1 is 0.276 bits per heavy atom. The zero-order valence-corrected chi connectivity index (χ0v) is 42.9. The lowest BCUT2D eigenvalue weighted by atomic mass is 10.0. The fourth-order valence-electron chi connectivity index (χ4n) is 7.78. The molecule has 0 atom stereocenters. The Labute approximate surface area is 364 Å². The largest absolute Gasteiger partial charge is 0.379 e. The Balaban J connectivity index is 0.000000349. The number of ether oxygens (including phenoxy) is 1. The van der Waals surface area contributed by atoms with E-state index >= 15 is 0 Å². The van der Waals surface area contributed by atoms with Gasteiger partial charge in [-0.3, -0.25) is 29.3 Å². The predicted molar refractivity (Wildman–Crippen MR) is 254 cm³/mol. The van der Waals surface area contributed by atoms with Gasteiger partial charge in [-0.15, -0.1) is 0 Å². The summed E-state index contributed by atoms with van der Waals surface area (Å²) in [5.74, 6) is 0. The van der Waals surface area contributed by atoms with Crippen molar-refractivity contribution in [3.8, 4) is 0 Å². The lowest BCUT2D eigenvalue weighted by Gasteiger charge is -2.42. The van der Waals surface area contributed by atoms with Crippen LogP contribution in [0.3, 0.4) is 0 Å². The molecule has 0 saturated carbocycles. The van der Waals surface area contributed by atoms with Crippen LogP contribution in [0.1, 0.15) is 176 Å². The molecule has 6 aliphatic rings. The van der Waals surface area contributed by atoms with E-state index in [1.807, 2.05) is 0 Å². The van der Waals surface area contributed by atoms with Crippen molar-refractivity contribution in [1.29, 1.82) is 0 Å². The van der Waals surface area contributed by atoms with E-state index in [2.05, 4.69) is 166 Å². The molecule has 0 aliphatic carbocycles. The third kappa shape index (κ3) is 24.3. The van der Waals surface area contributed by atoms with Crippen molar-refractivity contribution >= 4 is 0 Å². The second-order valence-corrected chi connectivity index (χ2v) is 23.6. The van der Waals surface area contributed by atoms with Crippen LogP contribution in [0.4, 0.5) is 0 Å². The minimum Gasteiger partial charge on any atom is -0.379 e. The van der Waals surface area contributed by atoms with Crippen LogP contribution in [0.5, 0.6) is 0 Å². The number of likely N-dealkylation sites (N-methyl/N-ethyl adjacent to an activating group) is 1. The lowest BCUT2D eigenvalue weighted by Crippen LogP contribution is -2.52. The molecule has 0 bridgehead atoms. The summed E-state index contributed by atoms with van der Waals surface area (Å²) in [6, 6.07) is 0. The van der Waals surface area contributed by atoms with Gasteiger partial charge in [-0.25, -0.2) is 0 Å². The molecule has 9 nitrogen and oxygen atoms in total. The standard InChI is InChI=1S/C9H20N2.C9H19N.2C8H17NO.C8H17N.C7H15N/c1-9(2,3)11-7-5-10(4)6-8-11;1-9(2,3)10-7-5-4-6-8-10;1-8(2,3)9-4-6-10-7-5-9;1-8(2,3)9-6-4-5-7-10-9;1-8(2,3)9-6-4-5-7-9;1-7(2,3)8-5-4-6-8/h5-8H2,1-4H3;4-8H2,1-3H3;2*4-7H2,1-3H3;4-7H2,1-3H3;4-6H2,1-3H3. The minimum atomic E-state index is 0.181. The molecule has 0 radical (unpaired) electrons. The van der Waals surface area contributed by atoms with E-state index in [-0.39, 0.29) is 5.54 Å². The van der Waals surface area contributed by atoms with E-state index in [1.54, 1.807) is 0 Å². The molecule has 348 valence electrons. The third-order valence-electron chi connectivity index (χ3n) is 12.3. The van der Waals surface area contributed by atoms with E-state index in [1.165, 1.54) is 117 Å². The summed E-state index contributed by atoms with van der Waals surface area (Å²) in [6.45, 7) is 59.4. The monoisotopic (exact) mass is 824 g/mol. The normalized spacial score (nSPS) is 23.2. The van der Waals surface area contributed by atoms with Gasteiger partial charge in [0.1, 0.15) is 0 Å². The van der Waals surface area contributed by atoms with Crippen molar-refractivity contribution in [3.63, 3.8) is 0 Å². The number of nitrogens with zero attached hydrogens (tertiary/aromatic N) is 7. The van der Waals surface area contributed by atoms with Crippen LogP contribution in [-0.2, 0) is 9.57 Å². The lowest BCUT2D eigenvalue weighted by molar-refractivity contribution is -0.227. The Morgan fingerprint density at radius 2 is 0.586 bits per heavy atom. The molecule has 0 spiro atoms. The molecule has 0 aromatic heterocycles. The summed E-state index contributed by atoms with van der Waals surface area (Å²) in [5.41, 5.74) is 2.11. The van der Waals surface area contributed by atoms with Crippen molar-refractivity contribution in [1.82, 2.24) is 34.5 Å². The first kappa shape index (κ1) is 55.7. The first-order valence-electron chi connectivity index (χ1n) is 23.9. The van der Waals surface area contributed by atoms with Gasteiger partial charge in [-0.05, 0) is 216 Å². The Hall–Kier alpha value is -0.360. The van der Waals surface area contributed by atoms with E-state index in [4.69, 9.17) is 9.57 Å². The number of rotatable bonds is 0. The summed E-state index contributed by atoms with van der Waals surface area (Å²) < 4.78 is 5.25. The predicted octanol–water partition coefficient (Wildman–Crippen LogP) is 9.60. The van der Waals surface area contributed by atoms with Crippen LogP contribution in [0.15, 0.2) is 0 Å². The number of hydroxylamine groups is 2. The molecular weight excluding hydrogens is 719 g/mol. The van der Waals surface area contributed by atoms with Crippen molar-refractivity contribution < 1.29 is 9.57 Å². The van der Waals surface area contributed by atoms with Crippen LogP contribution >= 0.6 is 0 Å². The molecule has 9 heteroatoms. The van der Waals surface area contributed by atoms with Gasteiger partial charge in [-0.1, -0.05) is 6.42 Å². The third-order valence-corrected chi connectivity index (χ3v) is 12.3. The number of hydrogen-bond acceptors (Lipinski definition) is 9. The molecule has 6 saturated heterocycles. The molecule has 58 heavy (non-hydrogen) atoms. The second-order valence-electron chi connectivity index (χ2n) is 23.6. The van der Waals surface area contributed by atoms with Gasteiger partial charge in [0.15, 0.2) is 0 Å². The quantitative estimate of drug-likeness (QED) is 0.238. The molecule has 6 rings (SSSR count). The summed E-state index contributed by atoms with van der Waals surface area (Å²) in [4.78, 5) is 20.5. The van der Waals surface area contributed by atoms with Crippen LogP contribution in [-0.4, -0.2) is 180 Å².